The summed E-state index contributed by atoms with van der Waals surface area (Å²) in [5.41, 5.74) is 0. The summed E-state index contributed by atoms with van der Waals surface area (Å²) in [6.07, 6.45) is 9.54. The van der Waals surface area contributed by atoms with Gasteiger partial charge in [-0.3, -0.25) is 9.59 Å². The Morgan fingerprint density at radius 1 is 1.09 bits per heavy atom. The average Bonchev–Trinajstić information content (AvgIpc) is 3.66. The zero-order valence-corrected chi connectivity index (χ0v) is 29.2. The maximum atomic E-state index is 13.2. The van der Waals surface area contributed by atoms with E-state index in [-0.39, 0.29) is 48.1 Å². The molecule has 0 aromatic rings. The molecule has 250 valence electrons. The van der Waals surface area contributed by atoms with Gasteiger partial charge in [0.15, 0.2) is 0 Å². The van der Waals surface area contributed by atoms with Gasteiger partial charge >= 0.3 is 6.03 Å². The highest BCUT2D eigenvalue weighted by Gasteiger charge is 2.43. The molecule has 0 spiro atoms. The fourth-order valence-corrected chi connectivity index (χ4v) is 10.1. The van der Waals surface area contributed by atoms with Crippen LogP contribution in [0.25, 0.3) is 0 Å². The molecule has 3 amide bonds. The van der Waals surface area contributed by atoms with Crippen LogP contribution in [0.2, 0.25) is 0 Å². The van der Waals surface area contributed by atoms with Gasteiger partial charge in [0, 0.05) is 48.4 Å². The molecule has 0 aromatic carbocycles. The van der Waals surface area contributed by atoms with Crippen molar-refractivity contribution in [3.8, 4) is 6.07 Å². The minimum atomic E-state index is -1.30. The summed E-state index contributed by atoms with van der Waals surface area (Å²) in [5, 5.41) is 18.4. The van der Waals surface area contributed by atoms with Crippen molar-refractivity contribution in [2.45, 2.75) is 147 Å². The Morgan fingerprint density at radius 2 is 1.84 bits per heavy atom. The number of fused-ring (bicyclic) bond motifs is 1. The van der Waals surface area contributed by atoms with Crippen molar-refractivity contribution in [2.75, 3.05) is 18.9 Å². The van der Waals surface area contributed by atoms with Crippen LogP contribution in [0.5, 0.6) is 0 Å². The van der Waals surface area contributed by atoms with Gasteiger partial charge in [-0.1, -0.05) is 26.2 Å². The molecular weight excluding hydrogens is 597 g/mol. The summed E-state index contributed by atoms with van der Waals surface area (Å²) in [4.78, 5) is 37.0. The number of nitrogens with zero attached hydrogens (tertiary/aromatic N) is 2. The van der Waals surface area contributed by atoms with E-state index in [0.29, 0.717) is 49.4 Å². The van der Waals surface area contributed by atoms with Crippen molar-refractivity contribution in [1.82, 2.24) is 20.6 Å². The van der Waals surface area contributed by atoms with Crippen LogP contribution >= 0.6 is 20.3 Å². The molecule has 3 rings (SSSR count). The summed E-state index contributed by atoms with van der Waals surface area (Å²) >= 11 is 1.91. The fraction of sp³-hybridized carbons (Fsp3) is 0.875. The summed E-state index contributed by atoms with van der Waals surface area (Å²) in [7, 11) is -1.30. The first-order valence-electron chi connectivity index (χ1n) is 16.9. The average molecular weight is 654 g/mol. The van der Waals surface area contributed by atoms with E-state index in [9.17, 15) is 14.4 Å². The van der Waals surface area contributed by atoms with Crippen LogP contribution in [0, 0.1) is 23.2 Å². The quantitative estimate of drug-likeness (QED) is 0.0775. The number of amides is 3. The number of thioether (sulfide) groups is 1. The largest absolute Gasteiger partial charge is 0.356 e. The summed E-state index contributed by atoms with van der Waals surface area (Å²) < 4.78 is 14.9. The van der Waals surface area contributed by atoms with Gasteiger partial charge in [0.1, 0.15) is 5.78 Å². The van der Waals surface area contributed by atoms with Crippen molar-refractivity contribution < 1.29 is 23.4 Å². The molecule has 1 saturated carbocycles. The first kappa shape index (κ1) is 37.0. The van der Waals surface area contributed by atoms with E-state index < -0.39 is 8.53 Å². The molecule has 0 bridgehead atoms. The van der Waals surface area contributed by atoms with Gasteiger partial charge in [0.2, 0.25) is 5.91 Å². The second-order valence-corrected chi connectivity index (χ2v) is 15.7. The molecule has 3 aliphatic rings. The van der Waals surface area contributed by atoms with Crippen LogP contribution in [0.15, 0.2) is 0 Å². The van der Waals surface area contributed by atoms with E-state index >= 15 is 0 Å². The molecule has 2 aliphatic heterocycles. The van der Waals surface area contributed by atoms with Crippen LogP contribution in [0.4, 0.5) is 4.79 Å². The molecule has 0 radical (unpaired) electrons. The number of hydrogen-bond acceptors (Lipinski definition) is 8. The molecule has 7 atom stereocenters. The van der Waals surface area contributed by atoms with Crippen molar-refractivity contribution in [3.05, 3.63) is 0 Å². The topological polar surface area (TPSA) is 133 Å². The number of carbonyl (C=O) groups is 3. The number of nitriles is 1. The second-order valence-electron chi connectivity index (χ2n) is 13.0. The third kappa shape index (κ3) is 11.4. The van der Waals surface area contributed by atoms with E-state index in [0.717, 1.165) is 63.5 Å². The standard InChI is InChI=1S/C32H56N5O5PS/c1-6-24-19-25(42-43(41-18-12-16-33)37(22(2)3)23(4)5)20-26(24)28(38)13-8-7-11-17-34-30(39)15-10-9-14-29-31-27(21-44-29)35-32(40)36-31/h22-27,29,31H,6-15,17-21H2,1-5H3,(H,34,39)(H2,35,36,40)/t24-,25-,26?,27+,29?,31+,43?/m1/s1. The summed E-state index contributed by atoms with van der Waals surface area (Å²) in [6.45, 7) is 11.7. The summed E-state index contributed by atoms with van der Waals surface area (Å²) in [5.74, 6) is 1.76. The summed E-state index contributed by atoms with van der Waals surface area (Å²) in [6, 6.07) is 3.07. The Kier molecular flexibility index (Phi) is 16.2. The molecule has 0 aromatic heterocycles. The molecular formula is C32H56N5O5PS. The Balaban J connectivity index is 1.29. The number of nitrogens with one attached hydrogen (secondary N) is 3. The molecule has 10 nitrogen and oxygen atoms in total. The van der Waals surface area contributed by atoms with Gasteiger partial charge in [-0.25, -0.2) is 9.46 Å². The van der Waals surface area contributed by atoms with Crippen LogP contribution in [0.3, 0.4) is 0 Å². The van der Waals surface area contributed by atoms with Gasteiger partial charge in [-0.15, -0.1) is 0 Å². The Labute approximate surface area is 270 Å². The number of unbranched alkanes of at least 4 members (excludes halogenated alkanes) is 3. The first-order chi connectivity index (χ1) is 21.1. The van der Waals surface area contributed by atoms with Crippen molar-refractivity contribution in [2.24, 2.45) is 11.8 Å². The van der Waals surface area contributed by atoms with E-state index in [4.69, 9.17) is 14.3 Å². The van der Waals surface area contributed by atoms with Gasteiger partial charge in [-0.2, -0.15) is 17.0 Å². The van der Waals surface area contributed by atoms with Gasteiger partial charge < -0.3 is 25.0 Å². The van der Waals surface area contributed by atoms with E-state index in [2.05, 4.69) is 61.3 Å². The molecule has 3 unspecified atom stereocenters. The Morgan fingerprint density at radius 3 is 2.55 bits per heavy atom. The normalized spacial score (nSPS) is 26.9. The lowest BCUT2D eigenvalue weighted by Gasteiger charge is -2.36. The van der Waals surface area contributed by atoms with E-state index in [1.807, 2.05) is 11.8 Å². The Bertz CT molecular complexity index is 958. The molecule has 3 N–H and O–H groups in total. The number of Topliss-reactive ketones (excluding diaryl/α,β-unsaturated/α-hetero) is 1. The predicted octanol–water partition coefficient (Wildman–Crippen LogP) is 6.06. The molecule has 2 heterocycles. The number of hydrogen-bond donors (Lipinski definition) is 3. The third-order valence-electron chi connectivity index (χ3n) is 8.99. The van der Waals surface area contributed by atoms with E-state index in [1.165, 1.54) is 0 Å². The zero-order chi connectivity index (χ0) is 32.1. The zero-order valence-electron chi connectivity index (χ0n) is 27.5. The molecule has 3 fully saturated rings. The SMILES string of the molecule is CC[C@@H]1C[C@@H](OP(OCCC#N)N(C(C)C)C(C)C)CC1C(=O)CCCCCNC(=O)CCCCC1SC[C@@H]2NC(=O)N[C@H]12. The lowest BCUT2D eigenvalue weighted by Crippen LogP contribution is -2.36. The van der Waals surface area contributed by atoms with E-state index in [1.54, 1.807) is 0 Å². The fourth-order valence-electron chi connectivity index (χ4n) is 6.80. The lowest BCUT2D eigenvalue weighted by atomic mass is 9.88. The molecule has 1 aliphatic carbocycles. The Hall–Kier alpha value is -1.44. The monoisotopic (exact) mass is 653 g/mol. The van der Waals surface area contributed by atoms with Crippen molar-refractivity contribution in [3.63, 3.8) is 0 Å². The lowest BCUT2D eigenvalue weighted by molar-refractivity contribution is -0.124. The highest BCUT2D eigenvalue weighted by atomic mass is 32.2. The number of rotatable bonds is 21. The highest BCUT2D eigenvalue weighted by molar-refractivity contribution is 8.00. The van der Waals surface area contributed by atoms with Crippen molar-refractivity contribution >= 4 is 38.0 Å². The molecule has 2 saturated heterocycles. The number of ketones is 1. The maximum Gasteiger partial charge on any atom is 0.315 e. The van der Waals surface area contributed by atoms with Crippen LogP contribution in [-0.2, 0) is 18.6 Å². The van der Waals surface area contributed by atoms with Crippen LogP contribution < -0.4 is 16.0 Å². The minimum Gasteiger partial charge on any atom is -0.356 e. The van der Waals surface area contributed by atoms with Gasteiger partial charge in [0.25, 0.3) is 8.53 Å². The molecule has 12 heteroatoms. The minimum absolute atomic E-state index is 0.00766. The first-order valence-corrected chi connectivity index (χ1v) is 19.0. The predicted molar refractivity (Wildman–Crippen MR) is 177 cm³/mol. The van der Waals surface area contributed by atoms with Crippen LogP contribution in [0.1, 0.15) is 112 Å². The third-order valence-corrected chi connectivity index (χ3v) is 12.7. The highest BCUT2D eigenvalue weighted by Crippen LogP contribution is 2.51. The maximum absolute atomic E-state index is 13.2. The smallest absolute Gasteiger partial charge is 0.315 e. The number of carbonyl (C=O) groups excluding carboxylic acids is 3. The van der Waals surface area contributed by atoms with Gasteiger partial charge in [-0.05, 0) is 72.1 Å². The van der Waals surface area contributed by atoms with Crippen molar-refractivity contribution in [1.29, 1.82) is 5.26 Å². The molecule has 44 heavy (non-hydrogen) atoms. The van der Waals surface area contributed by atoms with Crippen LogP contribution in [-0.4, -0.2) is 76.8 Å². The second kappa shape index (κ2) is 19.3. The number of urea groups is 1. The van der Waals surface area contributed by atoms with Gasteiger partial charge in [0.05, 0.1) is 37.3 Å².